The van der Waals surface area contributed by atoms with Crippen molar-refractivity contribution >= 4 is 5.97 Å². The number of carbonyl (C=O) groups is 1. The number of aromatic nitrogens is 1. The zero-order valence-corrected chi connectivity index (χ0v) is 16.2. The first-order valence-corrected chi connectivity index (χ1v) is 8.96. The first kappa shape index (κ1) is 20.1. The molecule has 0 radical (unpaired) electrons. The van der Waals surface area contributed by atoms with Gasteiger partial charge in [-0.15, -0.1) is 0 Å². The van der Waals surface area contributed by atoms with Crippen LogP contribution >= 0.6 is 0 Å². The van der Waals surface area contributed by atoms with E-state index in [2.05, 4.69) is 0 Å². The van der Waals surface area contributed by atoms with Crippen LogP contribution in [0.25, 0.3) is 5.69 Å². The van der Waals surface area contributed by atoms with Gasteiger partial charge < -0.3 is 19.7 Å². The second-order valence-corrected chi connectivity index (χ2v) is 7.79. The van der Waals surface area contributed by atoms with Gasteiger partial charge in [0, 0.05) is 0 Å². The van der Waals surface area contributed by atoms with Gasteiger partial charge in [-0.2, -0.15) is 18.4 Å². The number of ether oxygens (including phenoxy) is 2. The highest BCUT2D eigenvalue weighted by Crippen LogP contribution is 2.66. The van der Waals surface area contributed by atoms with E-state index >= 15 is 0 Å². The van der Waals surface area contributed by atoms with Crippen LogP contribution in [0.5, 0.6) is 11.8 Å². The molecule has 1 aromatic heterocycles. The molecule has 30 heavy (non-hydrogen) atoms. The van der Waals surface area contributed by atoms with Gasteiger partial charge in [-0.3, -0.25) is 9.36 Å². The summed E-state index contributed by atoms with van der Waals surface area (Å²) >= 11 is 0. The fraction of sp³-hybridized carbons (Fsp3) is 0.400. The van der Waals surface area contributed by atoms with Crippen molar-refractivity contribution in [3.8, 4) is 23.5 Å². The van der Waals surface area contributed by atoms with Gasteiger partial charge in [0.15, 0.2) is 0 Å². The molecule has 2 N–H and O–H groups in total. The number of aromatic hydroxyl groups is 2. The minimum atomic E-state index is -4.81. The highest BCUT2D eigenvalue weighted by Gasteiger charge is 2.66. The van der Waals surface area contributed by atoms with Crippen molar-refractivity contribution in [1.29, 1.82) is 5.26 Å². The third kappa shape index (κ3) is 2.38. The number of carbonyl (C=O) groups excluding carboxylic acids is 1. The molecule has 1 fully saturated rings. The Bertz CT molecular complexity index is 1130. The highest BCUT2D eigenvalue weighted by atomic mass is 19.4. The maximum atomic E-state index is 13.4. The molecule has 3 heterocycles. The molecule has 4 rings (SSSR count). The Morgan fingerprint density at radius 1 is 1.30 bits per heavy atom. The van der Waals surface area contributed by atoms with E-state index in [0.717, 1.165) is 10.6 Å². The number of esters is 1. The quantitative estimate of drug-likeness (QED) is 0.719. The van der Waals surface area contributed by atoms with E-state index in [0.29, 0.717) is 6.07 Å². The summed E-state index contributed by atoms with van der Waals surface area (Å²) in [5, 5.41) is 30.7. The van der Waals surface area contributed by atoms with E-state index < -0.39 is 52.2 Å². The SMILES string of the molecule is COC(=O)[C@@H]1CC2(C)OC1(C)c1c2c(O)n(-c2ccc(C#N)c(C(F)(F)F)c2)c1O. The minimum Gasteiger partial charge on any atom is -0.494 e. The molecule has 2 aliphatic rings. The van der Waals surface area contributed by atoms with Crippen molar-refractivity contribution in [2.45, 2.75) is 37.6 Å². The van der Waals surface area contributed by atoms with E-state index in [1.807, 2.05) is 0 Å². The molecule has 1 aromatic carbocycles. The van der Waals surface area contributed by atoms with Gasteiger partial charge in [0.1, 0.15) is 5.60 Å². The largest absolute Gasteiger partial charge is 0.494 e. The van der Waals surface area contributed by atoms with Crippen LogP contribution in [0.3, 0.4) is 0 Å². The third-order valence-electron chi connectivity index (χ3n) is 6.01. The van der Waals surface area contributed by atoms with Crippen molar-refractivity contribution in [2.24, 2.45) is 5.92 Å². The van der Waals surface area contributed by atoms with Crippen molar-refractivity contribution < 1.29 is 37.7 Å². The van der Waals surface area contributed by atoms with E-state index in [1.54, 1.807) is 13.8 Å². The number of hydrogen-bond acceptors (Lipinski definition) is 6. The van der Waals surface area contributed by atoms with Gasteiger partial charge in [-0.1, -0.05) is 0 Å². The van der Waals surface area contributed by atoms with Gasteiger partial charge in [-0.05, 0) is 38.5 Å². The Balaban J connectivity index is 1.95. The number of benzene rings is 1. The fourth-order valence-electron chi connectivity index (χ4n) is 4.76. The van der Waals surface area contributed by atoms with Gasteiger partial charge in [0.2, 0.25) is 11.8 Å². The molecular formula is C20H17F3N2O5. The van der Waals surface area contributed by atoms with Crippen LogP contribution in [-0.4, -0.2) is 27.9 Å². The van der Waals surface area contributed by atoms with Gasteiger partial charge in [-0.25, -0.2) is 0 Å². The zero-order valence-electron chi connectivity index (χ0n) is 16.2. The molecule has 0 amide bonds. The summed E-state index contributed by atoms with van der Waals surface area (Å²) in [6.07, 6.45) is -4.64. The Morgan fingerprint density at radius 3 is 2.50 bits per heavy atom. The highest BCUT2D eigenvalue weighted by molar-refractivity contribution is 5.78. The Kier molecular flexibility index (Phi) is 3.96. The number of rotatable bonds is 2. The Hall–Kier alpha value is -3.19. The first-order valence-electron chi connectivity index (χ1n) is 8.96. The minimum absolute atomic E-state index is 0.127. The molecule has 10 heteroatoms. The van der Waals surface area contributed by atoms with Crippen molar-refractivity contribution in [3.05, 3.63) is 40.5 Å². The Morgan fingerprint density at radius 2 is 1.93 bits per heavy atom. The molecule has 2 aliphatic heterocycles. The predicted octanol–water partition coefficient (Wildman–Crippen LogP) is 3.43. The monoisotopic (exact) mass is 422 g/mol. The molecule has 0 saturated carbocycles. The molecule has 2 aromatic rings. The van der Waals surface area contributed by atoms with Crippen LogP contribution in [0.1, 0.15) is 42.5 Å². The molecule has 0 aliphatic carbocycles. The lowest BCUT2D eigenvalue weighted by atomic mass is 9.73. The number of alkyl halides is 3. The van der Waals surface area contributed by atoms with E-state index in [9.17, 15) is 28.2 Å². The van der Waals surface area contributed by atoms with Crippen LogP contribution < -0.4 is 0 Å². The second-order valence-electron chi connectivity index (χ2n) is 7.79. The lowest BCUT2D eigenvalue weighted by Crippen LogP contribution is -2.35. The average molecular weight is 422 g/mol. The van der Waals surface area contributed by atoms with E-state index in [1.165, 1.54) is 19.2 Å². The van der Waals surface area contributed by atoms with Crippen molar-refractivity contribution in [1.82, 2.24) is 4.57 Å². The number of hydrogen-bond donors (Lipinski definition) is 2. The smallest absolute Gasteiger partial charge is 0.417 e. The fourth-order valence-corrected chi connectivity index (χ4v) is 4.76. The van der Waals surface area contributed by atoms with Crippen LogP contribution in [-0.2, 0) is 31.6 Å². The van der Waals surface area contributed by atoms with Gasteiger partial charge in [0.05, 0.1) is 52.6 Å². The molecule has 2 bridgehead atoms. The zero-order chi connectivity index (χ0) is 22.2. The number of fused-ring (bicyclic) bond motifs is 5. The molecule has 3 atom stereocenters. The second kappa shape index (κ2) is 5.92. The van der Waals surface area contributed by atoms with E-state index in [4.69, 9.17) is 14.7 Å². The standard InChI is InChI=1S/C20H17F3N2O5/c1-18-7-12(17(28)29-3)19(2,30-18)14-13(18)15(26)25(16(14)27)10-5-4-9(8-24)11(6-10)20(21,22)23/h4-6,12,26-27H,7H2,1-3H3/t12-,18?,19?/m0/s1. The molecule has 158 valence electrons. The normalized spacial score (nSPS) is 27.0. The summed E-state index contributed by atoms with van der Waals surface area (Å²) in [6.45, 7) is 3.19. The Labute approximate surface area is 168 Å². The predicted molar refractivity (Wildman–Crippen MR) is 94.7 cm³/mol. The molecular weight excluding hydrogens is 405 g/mol. The summed E-state index contributed by atoms with van der Waals surface area (Å²) in [6, 6.07) is 4.32. The lowest BCUT2D eigenvalue weighted by Gasteiger charge is -2.27. The van der Waals surface area contributed by atoms with Gasteiger partial charge >= 0.3 is 12.1 Å². The maximum absolute atomic E-state index is 13.4. The van der Waals surface area contributed by atoms with Crippen LogP contribution in [0.2, 0.25) is 0 Å². The maximum Gasteiger partial charge on any atom is 0.417 e. The van der Waals surface area contributed by atoms with Gasteiger partial charge in [0.25, 0.3) is 0 Å². The topological polar surface area (TPSA) is 105 Å². The molecule has 0 spiro atoms. The van der Waals surface area contributed by atoms with Crippen LogP contribution in [0, 0.1) is 17.2 Å². The molecule has 7 nitrogen and oxygen atoms in total. The van der Waals surface area contributed by atoms with Crippen LogP contribution in [0.4, 0.5) is 13.2 Å². The summed E-state index contributed by atoms with van der Waals surface area (Å²) in [5.74, 6) is -2.36. The lowest BCUT2D eigenvalue weighted by molar-refractivity contribution is -0.152. The number of nitrogens with zero attached hydrogens (tertiary/aromatic N) is 2. The molecule has 1 saturated heterocycles. The van der Waals surface area contributed by atoms with Crippen LogP contribution in [0.15, 0.2) is 18.2 Å². The summed E-state index contributed by atoms with van der Waals surface area (Å²) in [7, 11) is 1.22. The summed E-state index contributed by atoms with van der Waals surface area (Å²) < 4.78 is 51.8. The third-order valence-corrected chi connectivity index (χ3v) is 6.01. The summed E-state index contributed by atoms with van der Waals surface area (Å²) in [4.78, 5) is 12.3. The van der Waals surface area contributed by atoms with Crippen molar-refractivity contribution in [3.63, 3.8) is 0 Å². The number of halogens is 3. The summed E-state index contributed by atoms with van der Waals surface area (Å²) in [5.41, 5.74) is -4.11. The molecule has 2 unspecified atom stereocenters. The number of methoxy groups -OCH3 is 1. The van der Waals surface area contributed by atoms with Crippen molar-refractivity contribution in [2.75, 3.05) is 7.11 Å². The van der Waals surface area contributed by atoms with E-state index in [-0.39, 0.29) is 23.2 Å². The first-order chi connectivity index (χ1) is 13.9. The average Bonchev–Trinajstić information content (AvgIpc) is 3.21. The number of nitriles is 1.